The van der Waals surface area contributed by atoms with Crippen molar-refractivity contribution in [3.05, 3.63) is 0 Å². The zero-order valence-electron chi connectivity index (χ0n) is 14.6. The van der Waals surface area contributed by atoms with Crippen molar-refractivity contribution >= 4 is 29.2 Å². The van der Waals surface area contributed by atoms with Crippen molar-refractivity contribution in [1.29, 1.82) is 0 Å². The van der Waals surface area contributed by atoms with Crippen LogP contribution in [0.4, 0.5) is 0 Å². The van der Waals surface area contributed by atoms with Gasteiger partial charge in [-0.3, -0.25) is 0 Å². The maximum Gasteiger partial charge on any atom is 0.0810 e. The smallest absolute Gasteiger partial charge is 0.0810 e. The van der Waals surface area contributed by atoms with E-state index >= 15 is 0 Å². The third kappa shape index (κ3) is 18.6. The van der Waals surface area contributed by atoms with Crippen LogP contribution in [-0.2, 0) is 4.74 Å². The summed E-state index contributed by atoms with van der Waals surface area (Å²) in [7, 11) is -0.611. The van der Waals surface area contributed by atoms with E-state index in [1.165, 1.54) is 37.8 Å². The molecule has 1 aliphatic rings. The Balaban J connectivity index is 0.000000382. The van der Waals surface area contributed by atoms with E-state index < -0.39 is 0 Å². The third-order valence-electron chi connectivity index (χ3n) is 3.71. The first-order chi connectivity index (χ1) is 9.95. The Hall–Kier alpha value is 0.644. The fourth-order valence-corrected chi connectivity index (χ4v) is 4.53. The normalized spacial score (nSPS) is 18.6. The van der Waals surface area contributed by atoms with Gasteiger partial charge in [-0.1, -0.05) is 64.0 Å². The highest BCUT2D eigenvalue weighted by atomic mass is 35.5. The minimum atomic E-state index is -0.357. The van der Waals surface area contributed by atoms with Crippen molar-refractivity contribution in [2.45, 2.75) is 89.0 Å². The molecule has 2 unspecified atom stereocenters. The first kappa shape index (κ1) is 21.6. The van der Waals surface area contributed by atoms with Crippen molar-refractivity contribution in [3.63, 3.8) is 0 Å². The van der Waals surface area contributed by atoms with Gasteiger partial charge in [0.15, 0.2) is 0 Å². The first-order valence-corrected chi connectivity index (χ1v) is 15.6. The molecule has 1 aliphatic heterocycles. The lowest BCUT2D eigenvalue weighted by Crippen LogP contribution is -2.08. The molecule has 2 nitrogen and oxygen atoms in total. The van der Waals surface area contributed by atoms with Crippen molar-refractivity contribution < 1.29 is 9.84 Å². The summed E-state index contributed by atoms with van der Waals surface area (Å²) in [4.78, 5) is 0. The Morgan fingerprint density at radius 2 is 1.57 bits per heavy atom. The van der Waals surface area contributed by atoms with Gasteiger partial charge in [0.1, 0.15) is 0 Å². The number of unbranched alkanes of at least 4 members (excludes halogenated alkanes) is 2. The lowest BCUT2D eigenvalue weighted by atomic mass is 10.2. The molecule has 1 N–H and O–H groups in total. The van der Waals surface area contributed by atoms with Crippen LogP contribution >= 0.6 is 11.6 Å². The average molecular weight is 353 g/mol. The second-order valence-electron chi connectivity index (χ2n) is 7.12. The minimum absolute atomic E-state index is 0.254. The summed E-state index contributed by atoms with van der Waals surface area (Å²) in [6.45, 7) is 10.6. The van der Waals surface area contributed by atoms with E-state index in [1.807, 2.05) is 0 Å². The maximum atomic E-state index is 9.10. The SMILES string of the molecule is C[SiH](C)CCCCC(O)CCl.C[SiH](C)CCCCC1CO1. The monoisotopic (exact) mass is 352 g/mol. The van der Waals surface area contributed by atoms with Crippen LogP contribution < -0.4 is 0 Å². The number of rotatable bonds is 11. The molecule has 0 aromatic heterocycles. The molecule has 0 aliphatic carbocycles. The molecular formula is C16H37ClO2Si2. The first-order valence-electron chi connectivity index (χ1n) is 8.81. The minimum Gasteiger partial charge on any atom is -0.392 e. The average Bonchev–Trinajstić information content (AvgIpc) is 3.24. The fraction of sp³-hybridized carbons (Fsp3) is 1.00. The molecule has 1 saturated heterocycles. The van der Waals surface area contributed by atoms with Crippen LogP contribution in [0.1, 0.15) is 38.5 Å². The van der Waals surface area contributed by atoms with E-state index in [-0.39, 0.29) is 23.7 Å². The van der Waals surface area contributed by atoms with Crippen molar-refractivity contribution in [2.75, 3.05) is 12.5 Å². The Kier molecular flexibility index (Phi) is 14.7. The number of epoxide rings is 1. The lowest BCUT2D eigenvalue weighted by Gasteiger charge is -2.06. The molecule has 5 heteroatoms. The Morgan fingerprint density at radius 1 is 1.05 bits per heavy atom. The predicted octanol–water partition coefficient (Wildman–Crippen LogP) is 4.29. The zero-order chi connectivity index (χ0) is 16.1. The van der Waals surface area contributed by atoms with Crippen molar-refractivity contribution in [3.8, 4) is 0 Å². The molecule has 1 fully saturated rings. The summed E-state index contributed by atoms with van der Waals surface area (Å²) >= 11 is 5.45. The van der Waals surface area contributed by atoms with E-state index in [0.717, 1.165) is 19.4 Å². The van der Waals surface area contributed by atoms with Crippen molar-refractivity contribution in [1.82, 2.24) is 0 Å². The Morgan fingerprint density at radius 3 is 2.00 bits per heavy atom. The van der Waals surface area contributed by atoms with Gasteiger partial charge in [-0.25, -0.2) is 0 Å². The molecule has 0 saturated carbocycles. The zero-order valence-corrected chi connectivity index (χ0v) is 17.7. The van der Waals surface area contributed by atoms with Crippen LogP contribution in [0.15, 0.2) is 0 Å². The highest BCUT2D eigenvalue weighted by Crippen LogP contribution is 2.17. The quantitative estimate of drug-likeness (QED) is 0.260. The molecule has 0 amide bonds. The van der Waals surface area contributed by atoms with Gasteiger partial charge in [-0.05, 0) is 12.8 Å². The molecule has 128 valence electrons. The van der Waals surface area contributed by atoms with Crippen LogP contribution in [0.5, 0.6) is 0 Å². The molecule has 0 aromatic rings. The summed E-state index contributed by atoms with van der Waals surface area (Å²) in [5.41, 5.74) is 0. The summed E-state index contributed by atoms with van der Waals surface area (Å²) in [5, 5.41) is 9.10. The van der Waals surface area contributed by atoms with E-state index in [2.05, 4.69) is 26.2 Å². The molecule has 1 heterocycles. The summed E-state index contributed by atoms with van der Waals surface area (Å²) in [6.07, 6.45) is 7.85. The topological polar surface area (TPSA) is 32.8 Å². The molecule has 21 heavy (non-hydrogen) atoms. The standard InChI is InChI=1S/C8H19ClOSi.C8H18OSi/c1-11(2)6-4-3-5-8(10)7-9;1-10(2)6-4-3-5-8-7-9-8/h8,10-11H,3-7H2,1-2H3;8,10H,3-7H2,1-2H3. The highest BCUT2D eigenvalue weighted by molar-refractivity contribution is 6.55. The predicted molar refractivity (Wildman–Crippen MR) is 102 cm³/mol. The molecule has 1 rings (SSSR count). The van der Waals surface area contributed by atoms with Gasteiger partial charge < -0.3 is 9.84 Å². The number of halogens is 1. The van der Waals surface area contributed by atoms with Crippen LogP contribution in [0.3, 0.4) is 0 Å². The van der Waals surface area contributed by atoms with Gasteiger partial charge in [0, 0.05) is 23.5 Å². The van der Waals surface area contributed by atoms with Gasteiger partial charge in [0.05, 0.1) is 18.8 Å². The molecule has 2 atom stereocenters. The number of alkyl halides is 1. The van der Waals surface area contributed by atoms with E-state index in [4.69, 9.17) is 21.4 Å². The lowest BCUT2D eigenvalue weighted by molar-refractivity contribution is 0.184. The number of hydrogen-bond donors (Lipinski definition) is 1. The van der Waals surface area contributed by atoms with Gasteiger partial charge in [0.2, 0.25) is 0 Å². The number of ether oxygens (including phenoxy) is 1. The number of aliphatic hydroxyl groups excluding tert-OH is 1. The molecule has 0 radical (unpaired) electrons. The molecular weight excluding hydrogens is 316 g/mol. The largest absolute Gasteiger partial charge is 0.392 e. The highest BCUT2D eigenvalue weighted by Gasteiger charge is 2.20. The van der Waals surface area contributed by atoms with Gasteiger partial charge >= 0.3 is 0 Å². The van der Waals surface area contributed by atoms with E-state index in [9.17, 15) is 0 Å². The second-order valence-corrected chi connectivity index (χ2v) is 14.2. The maximum absolute atomic E-state index is 9.10. The Bertz CT molecular complexity index is 220. The summed E-state index contributed by atoms with van der Waals surface area (Å²) < 4.78 is 5.13. The van der Waals surface area contributed by atoms with Crippen LogP contribution in [-0.4, -0.2) is 47.4 Å². The van der Waals surface area contributed by atoms with Crippen LogP contribution in [0.2, 0.25) is 38.3 Å². The van der Waals surface area contributed by atoms with Crippen LogP contribution in [0.25, 0.3) is 0 Å². The fourth-order valence-electron chi connectivity index (χ4n) is 2.17. The van der Waals surface area contributed by atoms with E-state index in [0.29, 0.717) is 12.0 Å². The molecule has 0 bridgehead atoms. The van der Waals surface area contributed by atoms with Gasteiger partial charge in [-0.15, -0.1) is 11.6 Å². The van der Waals surface area contributed by atoms with Gasteiger partial charge in [0.25, 0.3) is 0 Å². The van der Waals surface area contributed by atoms with E-state index in [1.54, 1.807) is 0 Å². The summed E-state index contributed by atoms with van der Waals surface area (Å²) in [5.74, 6) is 0.388. The Labute approximate surface area is 140 Å². The third-order valence-corrected chi connectivity index (χ3v) is 7.19. The molecule has 0 spiro atoms. The number of aliphatic hydroxyl groups is 1. The van der Waals surface area contributed by atoms with Gasteiger partial charge in [-0.2, -0.15) is 0 Å². The second kappa shape index (κ2) is 14.2. The summed E-state index contributed by atoms with van der Waals surface area (Å²) in [6, 6.07) is 2.92. The molecule has 0 aromatic carbocycles. The van der Waals surface area contributed by atoms with Crippen molar-refractivity contribution in [2.24, 2.45) is 0 Å². The van der Waals surface area contributed by atoms with Crippen LogP contribution in [0, 0.1) is 0 Å². The number of hydrogen-bond acceptors (Lipinski definition) is 2.